The van der Waals surface area contributed by atoms with Crippen LogP contribution in [0.3, 0.4) is 0 Å². The molecular weight excluding hydrogens is 218 g/mol. The molecule has 0 atom stereocenters. The Morgan fingerprint density at radius 1 is 1.41 bits per heavy atom. The minimum atomic E-state index is -0.124. The van der Waals surface area contributed by atoms with E-state index in [0.29, 0.717) is 11.7 Å². The first kappa shape index (κ1) is 12.2. The van der Waals surface area contributed by atoms with Gasteiger partial charge in [0.05, 0.1) is 6.26 Å². The molecule has 0 bridgehead atoms. The van der Waals surface area contributed by atoms with Crippen molar-refractivity contribution in [2.45, 2.75) is 38.1 Å². The number of amides is 1. The van der Waals surface area contributed by atoms with E-state index in [9.17, 15) is 4.79 Å². The van der Waals surface area contributed by atoms with Gasteiger partial charge in [-0.05, 0) is 50.2 Å². The molecule has 4 heteroatoms. The standard InChI is InChI=1S/C13H19NO3/c15-8-7-10-3-5-11(6-4-10)14-13(16)12-2-1-9-17-12/h1-2,9-11,15H,3-8H2,(H,14,16). The number of aliphatic hydroxyl groups is 1. The summed E-state index contributed by atoms with van der Waals surface area (Å²) in [5, 5.41) is 11.9. The normalized spacial score (nSPS) is 24.5. The van der Waals surface area contributed by atoms with Crippen molar-refractivity contribution in [2.24, 2.45) is 5.92 Å². The third-order valence-electron chi connectivity index (χ3n) is 3.46. The molecular formula is C13H19NO3. The van der Waals surface area contributed by atoms with E-state index in [1.165, 1.54) is 6.26 Å². The van der Waals surface area contributed by atoms with Crippen LogP contribution in [0.5, 0.6) is 0 Å². The second kappa shape index (κ2) is 5.87. The first-order valence-electron chi connectivity index (χ1n) is 6.25. The molecule has 1 aliphatic carbocycles. The highest BCUT2D eigenvalue weighted by atomic mass is 16.3. The van der Waals surface area contributed by atoms with Gasteiger partial charge in [0.15, 0.2) is 5.76 Å². The van der Waals surface area contributed by atoms with Crippen LogP contribution in [0.2, 0.25) is 0 Å². The molecule has 1 aromatic rings. The number of furan rings is 1. The number of carbonyl (C=O) groups is 1. The molecule has 0 radical (unpaired) electrons. The minimum Gasteiger partial charge on any atom is -0.459 e. The fourth-order valence-electron chi connectivity index (χ4n) is 2.44. The molecule has 1 saturated carbocycles. The molecule has 4 nitrogen and oxygen atoms in total. The van der Waals surface area contributed by atoms with E-state index in [1.54, 1.807) is 12.1 Å². The van der Waals surface area contributed by atoms with E-state index < -0.39 is 0 Å². The zero-order valence-corrected chi connectivity index (χ0v) is 9.89. The number of rotatable bonds is 4. The molecule has 94 valence electrons. The highest BCUT2D eigenvalue weighted by Crippen LogP contribution is 2.26. The lowest BCUT2D eigenvalue weighted by molar-refractivity contribution is 0.0890. The van der Waals surface area contributed by atoms with E-state index in [0.717, 1.165) is 32.1 Å². The molecule has 1 heterocycles. The largest absolute Gasteiger partial charge is 0.459 e. The van der Waals surface area contributed by atoms with Gasteiger partial charge < -0.3 is 14.8 Å². The summed E-state index contributed by atoms with van der Waals surface area (Å²) in [7, 11) is 0. The number of hydrogen-bond donors (Lipinski definition) is 2. The Kier molecular flexibility index (Phi) is 4.20. The molecule has 0 saturated heterocycles. The number of carbonyl (C=O) groups excluding carboxylic acids is 1. The molecule has 0 spiro atoms. The summed E-state index contributed by atoms with van der Waals surface area (Å²) in [6.45, 7) is 0.272. The Morgan fingerprint density at radius 3 is 2.76 bits per heavy atom. The Hall–Kier alpha value is -1.29. The summed E-state index contributed by atoms with van der Waals surface area (Å²) in [5.41, 5.74) is 0. The number of hydrogen-bond acceptors (Lipinski definition) is 3. The van der Waals surface area contributed by atoms with Crippen molar-refractivity contribution in [2.75, 3.05) is 6.61 Å². The van der Waals surface area contributed by atoms with Crippen LogP contribution in [0.25, 0.3) is 0 Å². The average Bonchev–Trinajstić information content (AvgIpc) is 2.86. The van der Waals surface area contributed by atoms with Crippen molar-refractivity contribution in [1.29, 1.82) is 0 Å². The van der Waals surface area contributed by atoms with Gasteiger partial charge in [0.2, 0.25) is 0 Å². The Morgan fingerprint density at radius 2 is 2.18 bits per heavy atom. The Balaban J connectivity index is 1.76. The van der Waals surface area contributed by atoms with Crippen molar-refractivity contribution < 1.29 is 14.3 Å². The summed E-state index contributed by atoms with van der Waals surface area (Å²) in [4.78, 5) is 11.7. The molecule has 2 N–H and O–H groups in total. The molecule has 1 aromatic heterocycles. The SMILES string of the molecule is O=C(NC1CCC(CCO)CC1)c1ccco1. The number of nitrogens with one attached hydrogen (secondary N) is 1. The molecule has 1 fully saturated rings. The maximum atomic E-state index is 11.7. The van der Waals surface area contributed by atoms with Crippen molar-refractivity contribution in [1.82, 2.24) is 5.32 Å². The first-order valence-corrected chi connectivity index (χ1v) is 6.25. The zero-order valence-electron chi connectivity index (χ0n) is 9.89. The van der Waals surface area contributed by atoms with Gasteiger partial charge in [-0.25, -0.2) is 0 Å². The zero-order chi connectivity index (χ0) is 12.1. The average molecular weight is 237 g/mol. The summed E-state index contributed by atoms with van der Waals surface area (Å²) < 4.78 is 5.05. The first-order chi connectivity index (χ1) is 8.29. The van der Waals surface area contributed by atoms with Gasteiger partial charge >= 0.3 is 0 Å². The van der Waals surface area contributed by atoms with Crippen LogP contribution >= 0.6 is 0 Å². The molecule has 1 aliphatic rings. The smallest absolute Gasteiger partial charge is 0.287 e. The lowest BCUT2D eigenvalue weighted by atomic mass is 9.84. The maximum Gasteiger partial charge on any atom is 0.287 e. The van der Waals surface area contributed by atoms with Gasteiger partial charge in [-0.15, -0.1) is 0 Å². The van der Waals surface area contributed by atoms with Crippen molar-refractivity contribution in [3.63, 3.8) is 0 Å². The second-order valence-electron chi connectivity index (χ2n) is 4.68. The third-order valence-corrected chi connectivity index (χ3v) is 3.46. The minimum absolute atomic E-state index is 0.124. The molecule has 0 unspecified atom stereocenters. The van der Waals surface area contributed by atoms with E-state index >= 15 is 0 Å². The van der Waals surface area contributed by atoms with E-state index in [4.69, 9.17) is 9.52 Å². The van der Waals surface area contributed by atoms with Crippen molar-refractivity contribution >= 4 is 5.91 Å². The molecule has 0 aromatic carbocycles. The fourth-order valence-corrected chi connectivity index (χ4v) is 2.44. The predicted octanol–water partition coefficient (Wildman–Crippen LogP) is 1.95. The van der Waals surface area contributed by atoms with Crippen LogP contribution in [-0.2, 0) is 0 Å². The van der Waals surface area contributed by atoms with Gasteiger partial charge in [0, 0.05) is 12.6 Å². The van der Waals surface area contributed by atoms with Crippen LogP contribution < -0.4 is 5.32 Å². The molecule has 17 heavy (non-hydrogen) atoms. The van der Waals surface area contributed by atoms with Gasteiger partial charge in [-0.3, -0.25) is 4.79 Å². The second-order valence-corrected chi connectivity index (χ2v) is 4.68. The van der Waals surface area contributed by atoms with Crippen LogP contribution in [0.15, 0.2) is 22.8 Å². The Labute approximate surface area is 101 Å². The van der Waals surface area contributed by atoms with Crippen LogP contribution in [0.1, 0.15) is 42.7 Å². The van der Waals surface area contributed by atoms with Crippen LogP contribution in [0, 0.1) is 5.92 Å². The van der Waals surface area contributed by atoms with Gasteiger partial charge in [-0.1, -0.05) is 0 Å². The summed E-state index contributed by atoms with van der Waals surface area (Å²) in [6, 6.07) is 3.64. The highest BCUT2D eigenvalue weighted by Gasteiger charge is 2.22. The predicted molar refractivity (Wildman–Crippen MR) is 63.6 cm³/mol. The summed E-state index contributed by atoms with van der Waals surface area (Å²) in [5.74, 6) is 0.875. The highest BCUT2D eigenvalue weighted by molar-refractivity contribution is 5.91. The monoisotopic (exact) mass is 237 g/mol. The quantitative estimate of drug-likeness (QED) is 0.841. The summed E-state index contributed by atoms with van der Waals surface area (Å²) in [6.07, 6.45) is 6.56. The van der Waals surface area contributed by atoms with E-state index in [2.05, 4.69) is 5.32 Å². The van der Waals surface area contributed by atoms with Crippen molar-refractivity contribution in [3.8, 4) is 0 Å². The fraction of sp³-hybridized carbons (Fsp3) is 0.615. The topological polar surface area (TPSA) is 62.5 Å². The molecule has 0 aliphatic heterocycles. The van der Waals surface area contributed by atoms with E-state index in [-0.39, 0.29) is 18.6 Å². The van der Waals surface area contributed by atoms with Gasteiger partial charge in [-0.2, -0.15) is 0 Å². The van der Waals surface area contributed by atoms with Gasteiger partial charge in [0.1, 0.15) is 0 Å². The van der Waals surface area contributed by atoms with E-state index in [1.807, 2.05) is 0 Å². The van der Waals surface area contributed by atoms with Crippen LogP contribution in [0.4, 0.5) is 0 Å². The molecule has 1 amide bonds. The lowest BCUT2D eigenvalue weighted by Gasteiger charge is -2.28. The molecule has 2 rings (SSSR count). The third kappa shape index (κ3) is 3.33. The van der Waals surface area contributed by atoms with Gasteiger partial charge in [0.25, 0.3) is 5.91 Å². The summed E-state index contributed by atoms with van der Waals surface area (Å²) >= 11 is 0. The number of aliphatic hydroxyl groups excluding tert-OH is 1. The Bertz CT molecular complexity index is 340. The lowest BCUT2D eigenvalue weighted by Crippen LogP contribution is -2.37. The van der Waals surface area contributed by atoms with Crippen molar-refractivity contribution in [3.05, 3.63) is 24.2 Å². The van der Waals surface area contributed by atoms with Crippen LogP contribution in [-0.4, -0.2) is 23.7 Å². The maximum absolute atomic E-state index is 11.7.